The van der Waals surface area contributed by atoms with Crippen LogP contribution in [0.25, 0.3) is 0 Å². The number of hydrogen-bond acceptors (Lipinski definition) is 6. The van der Waals surface area contributed by atoms with Crippen molar-refractivity contribution in [2.75, 3.05) is 23.9 Å². The fraction of sp³-hybridized carbons (Fsp3) is 0.273. The first-order chi connectivity index (χ1) is 14.8. The molecule has 2 heterocycles. The lowest BCUT2D eigenvalue weighted by Gasteiger charge is -2.17. The molecule has 0 radical (unpaired) electrons. The van der Waals surface area contributed by atoms with E-state index in [1.807, 2.05) is 26.0 Å². The van der Waals surface area contributed by atoms with E-state index in [2.05, 4.69) is 21.6 Å². The number of carbonyl (C=O) groups excluding carboxylic acids is 2. The highest BCUT2D eigenvalue weighted by Gasteiger charge is 2.34. The molecule has 160 valence electrons. The van der Waals surface area contributed by atoms with Crippen LogP contribution in [0.4, 0.5) is 10.8 Å². The molecule has 3 aromatic rings. The standard InChI is InChI=1S/C22H21ClN4O3S/c1-12-6-13(2)8-16(7-12)27-11-14(9-19(27)28)21-25-26-22(31-21)24-20(29)17-10-15(23)4-5-18(17)30-3/h4-8,10,14H,9,11H2,1-3H3,(H,24,26,29)/t14-/m1/s1. The molecule has 1 aliphatic heterocycles. The van der Waals surface area contributed by atoms with Gasteiger partial charge in [0.15, 0.2) is 0 Å². The molecule has 1 fully saturated rings. The molecule has 0 spiro atoms. The van der Waals surface area contributed by atoms with Gasteiger partial charge in [0.1, 0.15) is 10.8 Å². The third kappa shape index (κ3) is 4.55. The minimum absolute atomic E-state index is 0.0550. The Morgan fingerprint density at radius 3 is 2.65 bits per heavy atom. The molecule has 31 heavy (non-hydrogen) atoms. The Morgan fingerprint density at radius 1 is 1.19 bits per heavy atom. The molecule has 9 heteroatoms. The molecular formula is C22H21ClN4O3S. The van der Waals surface area contributed by atoms with Crippen molar-refractivity contribution in [2.45, 2.75) is 26.2 Å². The Kier molecular flexibility index (Phi) is 5.93. The Hall–Kier alpha value is -2.97. The Labute approximate surface area is 189 Å². The summed E-state index contributed by atoms with van der Waals surface area (Å²) >= 11 is 7.28. The highest BCUT2D eigenvalue weighted by atomic mass is 35.5. The number of aryl methyl sites for hydroxylation is 2. The lowest BCUT2D eigenvalue weighted by atomic mass is 10.1. The summed E-state index contributed by atoms with van der Waals surface area (Å²) in [6.45, 7) is 4.57. The molecule has 1 aliphatic rings. The van der Waals surface area contributed by atoms with Gasteiger partial charge in [-0.1, -0.05) is 29.0 Å². The Morgan fingerprint density at radius 2 is 1.94 bits per heavy atom. The number of rotatable bonds is 5. The predicted molar refractivity (Wildman–Crippen MR) is 121 cm³/mol. The second-order valence-corrected chi connectivity index (χ2v) is 8.94. The summed E-state index contributed by atoms with van der Waals surface area (Å²) in [5, 5.41) is 12.6. The summed E-state index contributed by atoms with van der Waals surface area (Å²) in [7, 11) is 1.49. The molecule has 0 bridgehead atoms. The second-order valence-electron chi connectivity index (χ2n) is 7.50. The van der Waals surface area contributed by atoms with E-state index in [-0.39, 0.29) is 17.7 Å². The van der Waals surface area contributed by atoms with Crippen molar-refractivity contribution in [3.8, 4) is 5.75 Å². The number of ether oxygens (including phenoxy) is 1. The van der Waals surface area contributed by atoms with Gasteiger partial charge in [0.05, 0.1) is 12.7 Å². The summed E-state index contributed by atoms with van der Waals surface area (Å²) in [6, 6.07) is 10.9. The Bertz CT molecular complexity index is 1140. The highest BCUT2D eigenvalue weighted by molar-refractivity contribution is 7.15. The maximum atomic E-state index is 12.7. The number of hydrogen-bond donors (Lipinski definition) is 1. The van der Waals surface area contributed by atoms with E-state index in [0.29, 0.717) is 39.4 Å². The van der Waals surface area contributed by atoms with Crippen molar-refractivity contribution >= 4 is 45.6 Å². The van der Waals surface area contributed by atoms with Crippen LogP contribution in [0.1, 0.15) is 38.8 Å². The number of nitrogens with zero attached hydrogens (tertiary/aromatic N) is 3. The maximum Gasteiger partial charge on any atom is 0.261 e. The highest BCUT2D eigenvalue weighted by Crippen LogP contribution is 2.35. The van der Waals surface area contributed by atoms with Crippen molar-refractivity contribution in [3.05, 3.63) is 63.1 Å². The number of anilines is 2. The van der Waals surface area contributed by atoms with E-state index in [4.69, 9.17) is 16.3 Å². The van der Waals surface area contributed by atoms with Crippen molar-refractivity contribution < 1.29 is 14.3 Å². The zero-order chi connectivity index (χ0) is 22.1. The number of benzene rings is 2. The van der Waals surface area contributed by atoms with E-state index in [1.54, 1.807) is 17.0 Å². The van der Waals surface area contributed by atoms with Crippen molar-refractivity contribution in [1.82, 2.24) is 10.2 Å². The van der Waals surface area contributed by atoms with E-state index in [9.17, 15) is 9.59 Å². The number of carbonyl (C=O) groups is 2. The van der Waals surface area contributed by atoms with Crippen molar-refractivity contribution in [2.24, 2.45) is 0 Å². The minimum atomic E-state index is -0.388. The van der Waals surface area contributed by atoms with Crippen molar-refractivity contribution in [1.29, 1.82) is 0 Å². The van der Waals surface area contributed by atoms with Crippen LogP contribution < -0.4 is 15.0 Å². The summed E-state index contributed by atoms with van der Waals surface area (Å²) < 4.78 is 5.23. The lowest BCUT2D eigenvalue weighted by Crippen LogP contribution is -2.24. The van der Waals surface area contributed by atoms with Crippen molar-refractivity contribution in [3.63, 3.8) is 0 Å². The van der Waals surface area contributed by atoms with Crippen LogP contribution >= 0.6 is 22.9 Å². The van der Waals surface area contributed by atoms with Crippen LogP contribution in [0.3, 0.4) is 0 Å². The molecule has 1 atom stereocenters. The minimum Gasteiger partial charge on any atom is -0.496 e. The SMILES string of the molecule is COc1ccc(Cl)cc1C(=O)Nc1nnc([C@@H]2CC(=O)N(c3cc(C)cc(C)c3)C2)s1. The molecule has 7 nitrogen and oxygen atoms in total. The van der Waals surface area contributed by atoms with Crippen LogP contribution in [-0.4, -0.2) is 35.7 Å². The average Bonchev–Trinajstić information content (AvgIpc) is 3.33. The topological polar surface area (TPSA) is 84.4 Å². The smallest absolute Gasteiger partial charge is 0.261 e. The van der Waals surface area contributed by atoms with Crippen LogP contribution in [0.5, 0.6) is 5.75 Å². The zero-order valence-corrected chi connectivity index (χ0v) is 18.9. The summed E-state index contributed by atoms with van der Waals surface area (Å²) in [6.07, 6.45) is 0.359. The number of methoxy groups -OCH3 is 1. The van der Waals surface area contributed by atoms with Gasteiger partial charge >= 0.3 is 0 Å². The number of amides is 2. The molecular weight excluding hydrogens is 436 g/mol. The largest absolute Gasteiger partial charge is 0.496 e. The lowest BCUT2D eigenvalue weighted by molar-refractivity contribution is -0.117. The predicted octanol–water partition coefficient (Wildman–Crippen LogP) is 4.59. The van der Waals surface area contributed by atoms with Crippen LogP contribution in [0, 0.1) is 13.8 Å². The van der Waals surface area contributed by atoms with E-state index < -0.39 is 0 Å². The van der Waals surface area contributed by atoms with Gasteiger partial charge in [-0.2, -0.15) is 0 Å². The third-order valence-electron chi connectivity index (χ3n) is 5.06. The first kappa shape index (κ1) is 21.3. The summed E-state index contributed by atoms with van der Waals surface area (Å²) in [4.78, 5) is 27.1. The fourth-order valence-electron chi connectivity index (χ4n) is 3.70. The molecule has 0 saturated carbocycles. The van der Waals surface area contributed by atoms with Gasteiger partial charge in [-0.25, -0.2) is 0 Å². The summed E-state index contributed by atoms with van der Waals surface area (Å²) in [5.41, 5.74) is 3.44. The number of aromatic nitrogens is 2. The van der Waals surface area contributed by atoms with Gasteiger partial charge in [-0.3, -0.25) is 14.9 Å². The molecule has 1 aromatic heterocycles. The first-order valence-electron chi connectivity index (χ1n) is 9.71. The number of nitrogens with one attached hydrogen (secondary N) is 1. The van der Waals surface area contributed by atoms with Gasteiger partial charge in [-0.05, 0) is 55.3 Å². The quantitative estimate of drug-likeness (QED) is 0.607. The first-order valence-corrected chi connectivity index (χ1v) is 10.9. The monoisotopic (exact) mass is 456 g/mol. The molecule has 0 aliphatic carbocycles. The molecule has 2 amide bonds. The maximum absolute atomic E-state index is 12.7. The van der Waals surface area contributed by atoms with Crippen LogP contribution in [0.15, 0.2) is 36.4 Å². The van der Waals surface area contributed by atoms with Gasteiger partial charge in [0.2, 0.25) is 11.0 Å². The molecule has 1 saturated heterocycles. The average molecular weight is 457 g/mol. The van der Waals surface area contributed by atoms with Crippen LogP contribution in [-0.2, 0) is 4.79 Å². The molecule has 0 unspecified atom stereocenters. The third-order valence-corrected chi connectivity index (χ3v) is 6.30. The second kappa shape index (κ2) is 8.64. The molecule has 4 rings (SSSR count). The van der Waals surface area contributed by atoms with E-state index >= 15 is 0 Å². The fourth-order valence-corrected chi connectivity index (χ4v) is 4.70. The van der Waals surface area contributed by atoms with E-state index in [0.717, 1.165) is 16.8 Å². The van der Waals surface area contributed by atoms with E-state index in [1.165, 1.54) is 24.5 Å². The van der Waals surface area contributed by atoms with Gasteiger partial charge < -0.3 is 9.64 Å². The van der Waals surface area contributed by atoms with Gasteiger partial charge in [0, 0.05) is 29.6 Å². The van der Waals surface area contributed by atoms with Crippen LogP contribution in [0.2, 0.25) is 5.02 Å². The van der Waals surface area contributed by atoms with Gasteiger partial charge in [-0.15, -0.1) is 10.2 Å². The number of halogens is 1. The normalized spacial score (nSPS) is 15.9. The molecule has 1 N–H and O–H groups in total. The zero-order valence-electron chi connectivity index (χ0n) is 17.3. The summed E-state index contributed by atoms with van der Waals surface area (Å²) in [5.74, 6) is 0.00940. The van der Waals surface area contributed by atoms with Gasteiger partial charge in [0.25, 0.3) is 5.91 Å². The Balaban J connectivity index is 1.49. The molecule has 2 aromatic carbocycles.